The number of hydrogen-bond donors (Lipinski definition) is 2. The molecule has 238 valence electrons. The summed E-state index contributed by atoms with van der Waals surface area (Å²) in [7, 11) is 0. The lowest BCUT2D eigenvalue weighted by Crippen LogP contribution is -2.18. The van der Waals surface area contributed by atoms with E-state index in [2.05, 4.69) is 25.8 Å². The number of nitrogens with one attached hydrogen (secondary N) is 2. The SMILES string of the molecule is O=C(CSc1nnc(-c2ccccc2Cl)n1-c1ccccc1)Nc1ccc2nc(SCC(=O)Nc3ccccc3C(F)(F)F)sc2c1. The summed E-state index contributed by atoms with van der Waals surface area (Å²) in [6.45, 7) is 0. The van der Waals surface area contributed by atoms with Crippen LogP contribution in [-0.2, 0) is 15.8 Å². The maximum absolute atomic E-state index is 13.2. The Bertz CT molecular complexity index is 2070. The van der Waals surface area contributed by atoms with Crippen LogP contribution in [-0.4, -0.2) is 43.1 Å². The number of amides is 2. The van der Waals surface area contributed by atoms with Gasteiger partial charge in [-0.1, -0.05) is 77.6 Å². The Labute approximate surface area is 283 Å². The van der Waals surface area contributed by atoms with Crippen molar-refractivity contribution in [3.8, 4) is 17.1 Å². The van der Waals surface area contributed by atoms with E-state index in [0.717, 1.165) is 28.2 Å². The number of halogens is 4. The summed E-state index contributed by atoms with van der Waals surface area (Å²) in [4.78, 5) is 29.9. The number of rotatable bonds is 10. The molecule has 2 aromatic heterocycles. The summed E-state index contributed by atoms with van der Waals surface area (Å²) in [6.07, 6.45) is -4.59. The summed E-state index contributed by atoms with van der Waals surface area (Å²) >= 11 is 10.1. The third-order valence-electron chi connectivity index (χ3n) is 6.58. The van der Waals surface area contributed by atoms with Crippen LogP contribution in [0.3, 0.4) is 0 Å². The first-order valence-corrected chi connectivity index (χ1v) is 17.0. The molecule has 4 aromatic carbocycles. The highest BCUT2D eigenvalue weighted by Gasteiger charge is 2.33. The van der Waals surface area contributed by atoms with E-state index in [1.54, 1.807) is 24.3 Å². The summed E-state index contributed by atoms with van der Waals surface area (Å²) in [5.74, 6) is -0.358. The Hall–Kier alpha value is -4.37. The number of fused-ring (bicyclic) bond motifs is 1. The molecule has 0 radical (unpaired) electrons. The van der Waals surface area contributed by atoms with Crippen molar-refractivity contribution in [2.45, 2.75) is 15.7 Å². The average molecular weight is 711 g/mol. The van der Waals surface area contributed by atoms with Crippen molar-refractivity contribution in [3.05, 3.63) is 108 Å². The molecule has 0 saturated carbocycles. The molecule has 8 nitrogen and oxygen atoms in total. The lowest BCUT2D eigenvalue weighted by Gasteiger charge is -2.13. The topological polar surface area (TPSA) is 102 Å². The zero-order chi connectivity index (χ0) is 33.0. The van der Waals surface area contributed by atoms with Crippen LogP contribution in [0, 0.1) is 0 Å². The van der Waals surface area contributed by atoms with E-state index in [-0.39, 0.29) is 23.1 Å². The second kappa shape index (κ2) is 14.2. The highest BCUT2D eigenvalue weighted by Crippen LogP contribution is 2.36. The standard InChI is InChI=1S/C32H22ClF3N6O2S3/c33-23-12-6-4-10-21(23)29-40-41-30(42(29)20-8-2-1-3-9-20)45-17-27(43)37-19-14-15-25-26(16-19)47-31(39-25)46-18-28(44)38-24-13-7-5-11-22(24)32(34,35)36/h1-16H,17-18H2,(H,37,43)(H,38,44). The number of alkyl halides is 3. The molecule has 6 aromatic rings. The van der Waals surface area contributed by atoms with Gasteiger partial charge in [-0.05, 0) is 54.6 Å². The van der Waals surface area contributed by atoms with Crippen LogP contribution < -0.4 is 10.6 Å². The Balaban J connectivity index is 1.09. The fourth-order valence-electron chi connectivity index (χ4n) is 4.51. The molecule has 0 atom stereocenters. The van der Waals surface area contributed by atoms with Crippen molar-refractivity contribution in [2.75, 3.05) is 22.1 Å². The number of anilines is 2. The monoisotopic (exact) mass is 710 g/mol. The van der Waals surface area contributed by atoms with Crippen molar-refractivity contribution in [2.24, 2.45) is 0 Å². The Kier molecular flexibility index (Phi) is 9.82. The van der Waals surface area contributed by atoms with Crippen LogP contribution in [0.15, 0.2) is 107 Å². The number of carbonyl (C=O) groups excluding carboxylic acids is 2. The van der Waals surface area contributed by atoms with Gasteiger partial charge in [-0.25, -0.2) is 4.98 Å². The first-order chi connectivity index (χ1) is 22.7. The van der Waals surface area contributed by atoms with Crippen molar-refractivity contribution in [1.29, 1.82) is 0 Å². The number of thiazole rings is 1. The van der Waals surface area contributed by atoms with Crippen molar-refractivity contribution in [1.82, 2.24) is 19.7 Å². The highest BCUT2D eigenvalue weighted by atomic mass is 35.5. The molecule has 0 spiro atoms. The van der Waals surface area contributed by atoms with E-state index in [9.17, 15) is 22.8 Å². The zero-order valence-electron chi connectivity index (χ0n) is 24.0. The van der Waals surface area contributed by atoms with Crippen LogP contribution in [0.2, 0.25) is 5.02 Å². The molecular weight excluding hydrogens is 689 g/mol. The lowest BCUT2D eigenvalue weighted by atomic mass is 10.1. The predicted molar refractivity (Wildman–Crippen MR) is 182 cm³/mol. The summed E-state index contributed by atoms with van der Waals surface area (Å²) in [5.41, 5.74) is 1.55. The van der Waals surface area contributed by atoms with Crippen molar-refractivity contribution >= 4 is 79.9 Å². The molecular formula is C32H22ClF3N6O2S3. The van der Waals surface area contributed by atoms with Crippen LogP contribution in [0.1, 0.15) is 5.56 Å². The van der Waals surface area contributed by atoms with E-state index < -0.39 is 17.6 Å². The summed E-state index contributed by atoms with van der Waals surface area (Å²) in [5, 5.41) is 15.0. The molecule has 0 bridgehead atoms. The smallest absolute Gasteiger partial charge is 0.325 e. The number of hydrogen-bond acceptors (Lipinski definition) is 8. The van der Waals surface area contributed by atoms with E-state index in [0.29, 0.717) is 37.1 Å². The quantitative estimate of drug-likeness (QED) is 0.137. The summed E-state index contributed by atoms with van der Waals surface area (Å²) < 4.78 is 42.9. The van der Waals surface area contributed by atoms with Crippen LogP contribution in [0.25, 0.3) is 27.3 Å². The van der Waals surface area contributed by atoms with E-state index in [1.807, 2.05) is 53.1 Å². The molecule has 0 aliphatic carbocycles. The molecule has 0 fully saturated rings. The second-order valence-electron chi connectivity index (χ2n) is 9.84. The predicted octanol–water partition coefficient (Wildman–Crippen LogP) is 8.68. The lowest BCUT2D eigenvalue weighted by molar-refractivity contribution is -0.137. The number of benzene rings is 4. The van der Waals surface area contributed by atoms with Gasteiger partial charge in [0.05, 0.1) is 38.0 Å². The maximum atomic E-state index is 13.2. The van der Waals surface area contributed by atoms with E-state index in [1.165, 1.54) is 41.3 Å². The first kappa shape index (κ1) is 32.6. The zero-order valence-corrected chi connectivity index (χ0v) is 27.2. The molecule has 2 heterocycles. The molecule has 15 heteroatoms. The average Bonchev–Trinajstić information content (AvgIpc) is 3.67. The Morgan fingerprint density at radius 2 is 1.53 bits per heavy atom. The number of thioether (sulfide) groups is 2. The first-order valence-electron chi connectivity index (χ1n) is 13.8. The Morgan fingerprint density at radius 1 is 0.830 bits per heavy atom. The van der Waals surface area contributed by atoms with Gasteiger partial charge in [0.2, 0.25) is 11.8 Å². The maximum Gasteiger partial charge on any atom is 0.418 e. The van der Waals surface area contributed by atoms with Crippen LogP contribution >= 0.6 is 46.5 Å². The van der Waals surface area contributed by atoms with Crippen LogP contribution in [0.5, 0.6) is 0 Å². The Morgan fingerprint density at radius 3 is 2.32 bits per heavy atom. The second-order valence-corrected chi connectivity index (χ2v) is 13.4. The molecule has 0 aliphatic heterocycles. The third kappa shape index (κ3) is 7.79. The van der Waals surface area contributed by atoms with E-state index >= 15 is 0 Å². The van der Waals surface area contributed by atoms with Gasteiger partial charge >= 0.3 is 6.18 Å². The van der Waals surface area contributed by atoms with Gasteiger partial charge < -0.3 is 10.6 Å². The molecule has 0 aliphatic rings. The third-order valence-corrected chi connectivity index (χ3v) is 10.0. The minimum Gasteiger partial charge on any atom is -0.325 e. The number of para-hydroxylation sites is 2. The normalized spacial score (nSPS) is 11.5. The van der Waals surface area contributed by atoms with Gasteiger partial charge in [0.1, 0.15) is 0 Å². The molecule has 0 unspecified atom stereocenters. The van der Waals surface area contributed by atoms with Gasteiger partial charge in [-0.15, -0.1) is 21.5 Å². The van der Waals surface area contributed by atoms with Crippen molar-refractivity contribution in [3.63, 3.8) is 0 Å². The number of nitrogens with zero attached hydrogens (tertiary/aromatic N) is 4. The van der Waals surface area contributed by atoms with Gasteiger partial charge in [0, 0.05) is 16.9 Å². The molecule has 47 heavy (non-hydrogen) atoms. The summed E-state index contributed by atoms with van der Waals surface area (Å²) in [6, 6.07) is 27.0. The fourth-order valence-corrected chi connectivity index (χ4v) is 7.39. The largest absolute Gasteiger partial charge is 0.418 e. The molecule has 6 rings (SSSR count). The highest BCUT2D eigenvalue weighted by molar-refractivity contribution is 8.01. The molecule has 0 saturated heterocycles. The molecule has 2 amide bonds. The van der Waals surface area contributed by atoms with Gasteiger partial charge in [-0.3, -0.25) is 14.2 Å². The van der Waals surface area contributed by atoms with Gasteiger partial charge in [-0.2, -0.15) is 13.2 Å². The van der Waals surface area contributed by atoms with Gasteiger partial charge in [0.25, 0.3) is 0 Å². The molecule has 2 N–H and O–H groups in total. The minimum absolute atomic E-state index is 0.0574. The minimum atomic E-state index is -4.59. The number of aromatic nitrogens is 4. The van der Waals surface area contributed by atoms with Crippen LogP contribution in [0.4, 0.5) is 24.5 Å². The van der Waals surface area contributed by atoms with Crippen molar-refractivity contribution < 1.29 is 22.8 Å². The fraction of sp³-hybridized carbons (Fsp3) is 0.0938. The number of carbonyl (C=O) groups is 2. The van der Waals surface area contributed by atoms with E-state index in [4.69, 9.17) is 11.6 Å². The van der Waals surface area contributed by atoms with Gasteiger partial charge in [0.15, 0.2) is 15.3 Å².